The molecule has 2 amide bonds. The second-order valence-corrected chi connectivity index (χ2v) is 8.50. The third-order valence-electron chi connectivity index (χ3n) is 5.35. The molecule has 0 spiro atoms. The van der Waals surface area contributed by atoms with Crippen LogP contribution >= 0.6 is 11.3 Å². The molecule has 0 saturated carbocycles. The van der Waals surface area contributed by atoms with Gasteiger partial charge in [-0.05, 0) is 49.2 Å². The third kappa shape index (κ3) is 4.88. The summed E-state index contributed by atoms with van der Waals surface area (Å²) < 4.78 is 7.01. The first-order chi connectivity index (χ1) is 16.0. The van der Waals surface area contributed by atoms with E-state index in [-0.39, 0.29) is 0 Å². The molecule has 0 bridgehead atoms. The summed E-state index contributed by atoms with van der Waals surface area (Å²) in [5.74, 6) is 0.110. The van der Waals surface area contributed by atoms with Gasteiger partial charge in [0.1, 0.15) is 5.75 Å². The predicted octanol–water partition coefficient (Wildman–Crippen LogP) is 3.63. The number of hydrogen-bond donors (Lipinski definition) is 2. The number of fused-ring (bicyclic) bond motifs is 1. The van der Waals surface area contributed by atoms with E-state index >= 15 is 0 Å². The number of benzene rings is 2. The number of carbonyl (C=O) groups excluding carboxylic acids is 2. The highest BCUT2D eigenvalue weighted by atomic mass is 32.1. The summed E-state index contributed by atoms with van der Waals surface area (Å²) in [5.41, 5.74) is 3.53. The van der Waals surface area contributed by atoms with E-state index in [1.165, 1.54) is 11.3 Å². The largest absolute Gasteiger partial charge is 0.497 e. The van der Waals surface area contributed by atoms with Crippen LogP contribution in [-0.2, 0) is 22.4 Å². The Morgan fingerprint density at radius 3 is 2.55 bits per heavy atom. The van der Waals surface area contributed by atoms with E-state index in [0.717, 1.165) is 38.8 Å². The fourth-order valence-electron chi connectivity index (χ4n) is 3.48. The van der Waals surface area contributed by atoms with Crippen molar-refractivity contribution < 1.29 is 14.3 Å². The van der Waals surface area contributed by atoms with Crippen LogP contribution in [-0.4, -0.2) is 40.1 Å². The zero-order valence-electron chi connectivity index (χ0n) is 18.7. The minimum atomic E-state index is -0.667. The average molecular weight is 464 g/mol. The number of aromatic nitrogens is 3. The summed E-state index contributed by atoms with van der Waals surface area (Å²) >= 11 is 1.53. The molecule has 2 aromatic heterocycles. The molecule has 2 heterocycles. The Labute approximate surface area is 195 Å². The lowest BCUT2D eigenvalue weighted by Gasteiger charge is -2.09. The van der Waals surface area contributed by atoms with E-state index in [1.54, 1.807) is 13.2 Å². The highest BCUT2D eigenvalue weighted by Gasteiger charge is 2.17. The van der Waals surface area contributed by atoms with Crippen molar-refractivity contribution in [3.63, 3.8) is 0 Å². The van der Waals surface area contributed by atoms with Crippen LogP contribution in [0.3, 0.4) is 0 Å². The van der Waals surface area contributed by atoms with Crippen LogP contribution in [0.1, 0.15) is 23.1 Å². The SMILES string of the molecule is CCc1ccccc1NC(=O)C(=O)NCCc1sc2nc(-c3ccc(OC)cc3)nn2c1C. The van der Waals surface area contributed by atoms with E-state index in [9.17, 15) is 9.59 Å². The molecular weight excluding hydrogens is 438 g/mol. The molecule has 4 aromatic rings. The van der Waals surface area contributed by atoms with Crippen LogP contribution in [0.4, 0.5) is 5.69 Å². The first-order valence-corrected chi connectivity index (χ1v) is 11.5. The molecule has 33 heavy (non-hydrogen) atoms. The van der Waals surface area contributed by atoms with Gasteiger partial charge in [0, 0.05) is 29.1 Å². The number of anilines is 1. The summed E-state index contributed by atoms with van der Waals surface area (Å²) in [6.07, 6.45) is 1.36. The number of aryl methyl sites for hydroxylation is 2. The van der Waals surface area contributed by atoms with Gasteiger partial charge in [0.2, 0.25) is 4.96 Å². The summed E-state index contributed by atoms with van der Waals surface area (Å²) in [6.45, 7) is 4.32. The van der Waals surface area contributed by atoms with Gasteiger partial charge in [-0.3, -0.25) is 9.59 Å². The van der Waals surface area contributed by atoms with Crippen molar-refractivity contribution in [3.05, 3.63) is 64.7 Å². The quantitative estimate of drug-likeness (QED) is 0.408. The number of rotatable bonds is 7. The van der Waals surface area contributed by atoms with Gasteiger partial charge in [0.15, 0.2) is 5.82 Å². The lowest BCUT2D eigenvalue weighted by Crippen LogP contribution is -2.36. The third-order valence-corrected chi connectivity index (χ3v) is 6.54. The maximum Gasteiger partial charge on any atom is 0.313 e. The number of para-hydroxylation sites is 1. The molecule has 0 unspecified atom stereocenters. The number of nitrogens with zero attached hydrogens (tertiary/aromatic N) is 3. The minimum Gasteiger partial charge on any atom is -0.497 e. The second-order valence-electron chi connectivity index (χ2n) is 7.44. The molecule has 0 fully saturated rings. The summed E-state index contributed by atoms with van der Waals surface area (Å²) in [6, 6.07) is 15.1. The predicted molar refractivity (Wildman–Crippen MR) is 129 cm³/mol. The summed E-state index contributed by atoms with van der Waals surface area (Å²) in [4.78, 5) is 31.0. The fraction of sp³-hybridized carbons (Fsp3) is 0.250. The molecule has 0 aliphatic rings. The Kier molecular flexibility index (Phi) is 6.69. The molecule has 2 N–H and O–H groups in total. The van der Waals surface area contributed by atoms with Gasteiger partial charge >= 0.3 is 11.8 Å². The number of ether oxygens (including phenoxy) is 1. The van der Waals surface area contributed by atoms with Gasteiger partial charge in [0.25, 0.3) is 0 Å². The van der Waals surface area contributed by atoms with Crippen LogP contribution in [0.15, 0.2) is 48.5 Å². The van der Waals surface area contributed by atoms with Crippen LogP contribution in [0.5, 0.6) is 5.75 Å². The van der Waals surface area contributed by atoms with Crippen molar-refractivity contribution in [3.8, 4) is 17.1 Å². The second kappa shape index (κ2) is 9.83. The van der Waals surface area contributed by atoms with Crippen molar-refractivity contribution in [1.82, 2.24) is 19.9 Å². The Morgan fingerprint density at radius 2 is 1.85 bits per heavy atom. The number of methoxy groups -OCH3 is 1. The van der Waals surface area contributed by atoms with E-state index in [4.69, 9.17) is 4.74 Å². The van der Waals surface area contributed by atoms with Crippen LogP contribution < -0.4 is 15.4 Å². The normalized spacial score (nSPS) is 10.9. The van der Waals surface area contributed by atoms with E-state index in [1.807, 2.05) is 60.8 Å². The Balaban J connectivity index is 1.36. The zero-order valence-corrected chi connectivity index (χ0v) is 19.5. The van der Waals surface area contributed by atoms with Crippen molar-refractivity contribution in [2.24, 2.45) is 0 Å². The molecular formula is C24H25N5O3S. The first kappa shape index (κ1) is 22.5. The number of thiazole rings is 1. The molecule has 0 aliphatic heterocycles. The average Bonchev–Trinajstić information content (AvgIpc) is 3.38. The summed E-state index contributed by atoms with van der Waals surface area (Å²) in [7, 11) is 1.63. The Bertz CT molecular complexity index is 1290. The molecule has 170 valence electrons. The van der Waals surface area contributed by atoms with Crippen LogP contribution in [0.2, 0.25) is 0 Å². The first-order valence-electron chi connectivity index (χ1n) is 10.7. The highest BCUT2D eigenvalue weighted by Crippen LogP contribution is 2.26. The van der Waals surface area contributed by atoms with E-state index in [2.05, 4.69) is 20.7 Å². The molecule has 0 atom stereocenters. The standard InChI is InChI=1S/C24H25N5O3S/c1-4-16-7-5-6-8-19(16)26-23(31)22(30)25-14-13-20-15(2)29-24(33-20)27-21(28-29)17-9-11-18(32-3)12-10-17/h5-12H,4,13-14H2,1-3H3,(H,25,30)(H,26,31). The molecule has 0 saturated heterocycles. The zero-order chi connectivity index (χ0) is 23.4. The smallest absolute Gasteiger partial charge is 0.313 e. The van der Waals surface area contributed by atoms with Gasteiger partial charge in [-0.2, -0.15) is 4.98 Å². The van der Waals surface area contributed by atoms with Gasteiger partial charge in [-0.1, -0.05) is 36.5 Å². The maximum absolute atomic E-state index is 12.2. The molecule has 0 radical (unpaired) electrons. The molecule has 4 rings (SSSR count). The fourth-order valence-corrected chi connectivity index (χ4v) is 4.53. The van der Waals surface area contributed by atoms with Crippen molar-refractivity contribution in [2.75, 3.05) is 19.0 Å². The minimum absolute atomic E-state index is 0.345. The van der Waals surface area contributed by atoms with E-state index in [0.29, 0.717) is 24.5 Å². The highest BCUT2D eigenvalue weighted by molar-refractivity contribution is 7.17. The van der Waals surface area contributed by atoms with Crippen molar-refractivity contribution in [2.45, 2.75) is 26.7 Å². The molecule has 0 aliphatic carbocycles. The number of amides is 2. The van der Waals surface area contributed by atoms with Gasteiger partial charge in [-0.25, -0.2) is 4.52 Å². The van der Waals surface area contributed by atoms with Gasteiger partial charge < -0.3 is 15.4 Å². The number of nitrogens with one attached hydrogen (secondary N) is 2. The lowest BCUT2D eigenvalue weighted by atomic mass is 10.1. The molecule has 2 aromatic carbocycles. The Hall–Kier alpha value is -3.72. The van der Waals surface area contributed by atoms with Crippen molar-refractivity contribution >= 4 is 33.8 Å². The van der Waals surface area contributed by atoms with Crippen LogP contribution in [0, 0.1) is 6.92 Å². The summed E-state index contributed by atoms with van der Waals surface area (Å²) in [5, 5.41) is 10.00. The van der Waals surface area contributed by atoms with Gasteiger partial charge in [0.05, 0.1) is 12.8 Å². The topological polar surface area (TPSA) is 97.6 Å². The monoisotopic (exact) mass is 463 g/mol. The molecule has 8 nitrogen and oxygen atoms in total. The molecule has 9 heteroatoms. The Morgan fingerprint density at radius 1 is 1.09 bits per heavy atom. The number of hydrogen-bond acceptors (Lipinski definition) is 6. The van der Waals surface area contributed by atoms with Crippen LogP contribution in [0.25, 0.3) is 16.3 Å². The van der Waals surface area contributed by atoms with Crippen molar-refractivity contribution in [1.29, 1.82) is 0 Å². The number of carbonyl (C=O) groups is 2. The van der Waals surface area contributed by atoms with Gasteiger partial charge in [-0.15, -0.1) is 5.10 Å². The van der Waals surface area contributed by atoms with E-state index < -0.39 is 11.8 Å². The lowest BCUT2D eigenvalue weighted by molar-refractivity contribution is -0.136. The maximum atomic E-state index is 12.2.